The molecule has 0 bridgehead atoms. The fourth-order valence-corrected chi connectivity index (χ4v) is 4.37. The van der Waals surface area contributed by atoms with Gasteiger partial charge in [-0.3, -0.25) is 4.79 Å². The lowest BCUT2D eigenvalue weighted by Gasteiger charge is -2.36. The summed E-state index contributed by atoms with van der Waals surface area (Å²) in [6.07, 6.45) is 0.776. The summed E-state index contributed by atoms with van der Waals surface area (Å²) in [5, 5.41) is 3.04. The van der Waals surface area contributed by atoms with Gasteiger partial charge in [-0.25, -0.2) is 4.98 Å². The van der Waals surface area contributed by atoms with Crippen LogP contribution in [-0.2, 0) is 11.2 Å². The smallest absolute Gasteiger partial charge is 0.225 e. The maximum absolute atomic E-state index is 12.8. The molecule has 7 heteroatoms. The van der Waals surface area contributed by atoms with Crippen LogP contribution in [-0.4, -0.2) is 47.0 Å². The molecule has 1 aliphatic heterocycles. The maximum atomic E-state index is 12.8. The molecule has 1 fully saturated rings. The molecule has 1 saturated heterocycles. The standard InChI is InChI=1S/C20H23N5OS/c1-14(13-15-5-3-2-4-6-15)19(26)25-10-8-24(9-11-25)17-16-7-12-27-18(16)23-20(21)22-17/h2-7,12,14H,8-11,13H2,1H3,(H2,21,22,23). The van der Waals surface area contributed by atoms with Gasteiger partial charge in [-0.1, -0.05) is 37.3 Å². The van der Waals surface area contributed by atoms with E-state index >= 15 is 0 Å². The number of rotatable bonds is 4. The number of hydrogen-bond donors (Lipinski definition) is 1. The van der Waals surface area contributed by atoms with E-state index in [0.717, 1.165) is 35.5 Å². The van der Waals surface area contributed by atoms with E-state index in [-0.39, 0.29) is 11.8 Å². The predicted molar refractivity (Wildman–Crippen MR) is 110 cm³/mol. The highest BCUT2D eigenvalue weighted by molar-refractivity contribution is 7.16. The molecular weight excluding hydrogens is 358 g/mol. The molecule has 4 rings (SSSR count). The number of carbonyl (C=O) groups excluding carboxylic acids is 1. The van der Waals surface area contributed by atoms with Crippen molar-refractivity contribution < 1.29 is 4.79 Å². The number of amides is 1. The molecule has 0 spiro atoms. The van der Waals surface area contributed by atoms with E-state index < -0.39 is 0 Å². The summed E-state index contributed by atoms with van der Waals surface area (Å²) in [6.45, 7) is 4.93. The van der Waals surface area contributed by atoms with Crippen LogP contribution in [0.2, 0.25) is 0 Å². The largest absolute Gasteiger partial charge is 0.368 e. The van der Waals surface area contributed by atoms with Crippen molar-refractivity contribution in [2.75, 3.05) is 36.8 Å². The van der Waals surface area contributed by atoms with Crippen molar-refractivity contribution in [2.24, 2.45) is 5.92 Å². The number of thiophene rings is 1. The maximum Gasteiger partial charge on any atom is 0.225 e. The Bertz CT molecular complexity index is 934. The van der Waals surface area contributed by atoms with E-state index in [4.69, 9.17) is 5.73 Å². The SMILES string of the molecule is CC(Cc1ccccc1)C(=O)N1CCN(c2nc(N)nc3sccc23)CC1. The van der Waals surface area contributed by atoms with Crippen LogP contribution in [0.3, 0.4) is 0 Å². The molecule has 2 N–H and O–H groups in total. The first-order chi connectivity index (χ1) is 13.1. The van der Waals surface area contributed by atoms with Gasteiger partial charge in [0, 0.05) is 32.1 Å². The van der Waals surface area contributed by atoms with Crippen molar-refractivity contribution in [3.8, 4) is 0 Å². The minimum Gasteiger partial charge on any atom is -0.368 e. The number of hydrogen-bond acceptors (Lipinski definition) is 6. The van der Waals surface area contributed by atoms with E-state index in [1.165, 1.54) is 5.56 Å². The molecule has 3 aromatic rings. The van der Waals surface area contributed by atoms with Crippen molar-refractivity contribution in [3.05, 3.63) is 47.3 Å². The lowest BCUT2D eigenvalue weighted by molar-refractivity contribution is -0.135. The molecule has 2 aromatic heterocycles. The third-order valence-corrected chi connectivity index (χ3v) is 5.83. The van der Waals surface area contributed by atoms with Crippen molar-refractivity contribution in [1.82, 2.24) is 14.9 Å². The topological polar surface area (TPSA) is 75.4 Å². The normalized spacial score (nSPS) is 15.9. The van der Waals surface area contributed by atoms with Crippen molar-refractivity contribution >= 4 is 39.2 Å². The number of carbonyl (C=O) groups is 1. The summed E-state index contributed by atoms with van der Waals surface area (Å²) in [6, 6.07) is 12.2. The Kier molecular flexibility index (Phi) is 4.94. The Balaban J connectivity index is 1.41. The van der Waals surface area contributed by atoms with E-state index in [1.807, 2.05) is 41.5 Å². The molecule has 0 aliphatic carbocycles. The number of fused-ring (bicyclic) bond motifs is 1. The predicted octanol–water partition coefficient (Wildman–Crippen LogP) is 2.80. The van der Waals surface area contributed by atoms with Crippen molar-refractivity contribution in [1.29, 1.82) is 0 Å². The summed E-state index contributed by atoms with van der Waals surface area (Å²) in [7, 11) is 0. The van der Waals surface area contributed by atoms with Crippen molar-refractivity contribution in [3.63, 3.8) is 0 Å². The highest BCUT2D eigenvalue weighted by atomic mass is 32.1. The molecule has 1 unspecified atom stereocenters. The molecule has 3 heterocycles. The Labute approximate surface area is 162 Å². The Morgan fingerprint density at radius 2 is 1.89 bits per heavy atom. The molecule has 140 valence electrons. The van der Waals surface area contributed by atoms with Gasteiger partial charge in [0.1, 0.15) is 10.6 Å². The number of anilines is 2. The van der Waals surface area contributed by atoms with Crippen LogP contribution in [0.4, 0.5) is 11.8 Å². The van der Waals surface area contributed by atoms with Gasteiger partial charge >= 0.3 is 0 Å². The molecular formula is C20H23N5OS. The number of benzene rings is 1. The average molecular weight is 382 g/mol. The molecule has 1 aromatic carbocycles. The Morgan fingerprint density at radius 3 is 2.63 bits per heavy atom. The van der Waals surface area contributed by atoms with Crippen LogP contribution >= 0.6 is 11.3 Å². The van der Waals surface area contributed by atoms with Gasteiger partial charge in [0.2, 0.25) is 11.9 Å². The fraction of sp³-hybridized carbons (Fsp3) is 0.350. The van der Waals surface area contributed by atoms with Gasteiger partial charge in [-0.15, -0.1) is 11.3 Å². The van der Waals surface area contributed by atoms with Crippen LogP contribution in [0.1, 0.15) is 12.5 Å². The van der Waals surface area contributed by atoms with Crippen LogP contribution in [0.15, 0.2) is 41.8 Å². The number of nitrogen functional groups attached to an aromatic ring is 1. The third kappa shape index (κ3) is 3.73. The first kappa shape index (κ1) is 17.7. The van der Waals surface area contributed by atoms with E-state index in [1.54, 1.807) is 11.3 Å². The van der Waals surface area contributed by atoms with Gasteiger partial charge in [0.05, 0.1) is 5.39 Å². The second kappa shape index (κ2) is 7.52. The highest BCUT2D eigenvalue weighted by Crippen LogP contribution is 2.29. The van der Waals surface area contributed by atoms with Gasteiger partial charge in [0.15, 0.2) is 0 Å². The zero-order valence-electron chi connectivity index (χ0n) is 15.3. The summed E-state index contributed by atoms with van der Waals surface area (Å²) >= 11 is 1.57. The quantitative estimate of drug-likeness (QED) is 0.752. The van der Waals surface area contributed by atoms with Gasteiger partial charge in [-0.05, 0) is 23.4 Å². The van der Waals surface area contributed by atoms with Crippen LogP contribution in [0.5, 0.6) is 0 Å². The highest BCUT2D eigenvalue weighted by Gasteiger charge is 2.26. The molecule has 0 radical (unpaired) electrons. The Hall–Kier alpha value is -2.67. The zero-order chi connectivity index (χ0) is 18.8. The van der Waals surface area contributed by atoms with Gasteiger partial charge < -0.3 is 15.5 Å². The summed E-state index contributed by atoms with van der Waals surface area (Å²) in [4.78, 5) is 26.7. The van der Waals surface area contributed by atoms with E-state index in [9.17, 15) is 4.79 Å². The number of piperazine rings is 1. The number of aromatic nitrogens is 2. The number of nitrogens with two attached hydrogens (primary N) is 1. The van der Waals surface area contributed by atoms with Crippen LogP contribution in [0.25, 0.3) is 10.2 Å². The first-order valence-electron chi connectivity index (χ1n) is 9.20. The summed E-state index contributed by atoms with van der Waals surface area (Å²) < 4.78 is 0. The molecule has 6 nitrogen and oxygen atoms in total. The first-order valence-corrected chi connectivity index (χ1v) is 10.1. The second-order valence-corrected chi connectivity index (χ2v) is 7.84. The van der Waals surface area contributed by atoms with E-state index in [2.05, 4.69) is 27.0 Å². The van der Waals surface area contributed by atoms with Crippen LogP contribution < -0.4 is 10.6 Å². The minimum absolute atomic E-state index is 0.0165. The average Bonchev–Trinajstić information content (AvgIpc) is 3.16. The van der Waals surface area contributed by atoms with Gasteiger partial charge in [-0.2, -0.15) is 4.98 Å². The van der Waals surface area contributed by atoms with Crippen molar-refractivity contribution in [2.45, 2.75) is 13.3 Å². The second-order valence-electron chi connectivity index (χ2n) is 6.95. The zero-order valence-corrected chi connectivity index (χ0v) is 16.2. The number of nitrogens with zero attached hydrogens (tertiary/aromatic N) is 4. The lowest BCUT2D eigenvalue weighted by atomic mass is 9.99. The lowest BCUT2D eigenvalue weighted by Crippen LogP contribution is -2.50. The Morgan fingerprint density at radius 1 is 1.15 bits per heavy atom. The molecule has 27 heavy (non-hydrogen) atoms. The summed E-state index contributed by atoms with van der Waals surface area (Å²) in [5.41, 5.74) is 7.07. The molecule has 1 amide bonds. The molecule has 0 saturated carbocycles. The summed E-state index contributed by atoms with van der Waals surface area (Å²) in [5.74, 6) is 1.39. The fourth-order valence-electron chi connectivity index (χ4n) is 3.60. The molecule has 1 atom stereocenters. The minimum atomic E-state index is -0.0165. The van der Waals surface area contributed by atoms with Crippen LogP contribution in [0, 0.1) is 5.92 Å². The molecule has 1 aliphatic rings. The van der Waals surface area contributed by atoms with Gasteiger partial charge in [0.25, 0.3) is 0 Å². The monoisotopic (exact) mass is 381 g/mol. The third-order valence-electron chi connectivity index (χ3n) is 5.02. The van der Waals surface area contributed by atoms with E-state index in [0.29, 0.717) is 19.0 Å².